The standard InChI is InChI=1S/C11H21NO4/c1-8(9(13)7-15-5)6-12-10(14)16-11(2,3)4/h8H,6-7H2,1-5H3,(H,12,14)/t8-/m0/s1. The largest absolute Gasteiger partial charge is 0.444 e. The lowest BCUT2D eigenvalue weighted by Crippen LogP contribution is -2.37. The van der Waals surface area contributed by atoms with E-state index in [1.807, 2.05) is 0 Å². The Morgan fingerprint density at radius 3 is 2.31 bits per heavy atom. The minimum atomic E-state index is -0.524. The van der Waals surface area contributed by atoms with E-state index in [2.05, 4.69) is 5.32 Å². The molecular formula is C11H21NO4. The third-order valence-electron chi connectivity index (χ3n) is 1.79. The molecule has 0 aromatic rings. The number of Topliss-reactive ketones (excluding diaryl/α,β-unsaturated/α-hetero) is 1. The highest BCUT2D eigenvalue weighted by Gasteiger charge is 2.18. The summed E-state index contributed by atoms with van der Waals surface area (Å²) in [6.07, 6.45) is -0.510. The normalized spacial score (nSPS) is 13.1. The highest BCUT2D eigenvalue weighted by Crippen LogP contribution is 2.06. The SMILES string of the molecule is COCC(=O)[C@@H](C)CNC(=O)OC(C)(C)C. The van der Waals surface area contributed by atoms with E-state index in [0.29, 0.717) is 0 Å². The molecule has 0 fully saturated rings. The smallest absolute Gasteiger partial charge is 0.407 e. The molecule has 1 amide bonds. The average Bonchev–Trinajstić information content (AvgIpc) is 2.11. The van der Waals surface area contributed by atoms with Crippen molar-refractivity contribution in [1.29, 1.82) is 0 Å². The van der Waals surface area contributed by atoms with Gasteiger partial charge in [-0.1, -0.05) is 6.92 Å². The van der Waals surface area contributed by atoms with Gasteiger partial charge < -0.3 is 14.8 Å². The predicted octanol–water partition coefficient (Wildman–Crippen LogP) is 1.36. The highest BCUT2D eigenvalue weighted by atomic mass is 16.6. The lowest BCUT2D eigenvalue weighted by atomic mass is 10.1. The molecule has 0 saturated heterocycles. The Morgan fingerprint density at radius 2 is 1.88 bits per heavy atom. The van der Waals surface area contributed by atoms with E-state index in [1.165, 1.54) is 7.11 Å². The van der Waals surface area contributed by atoms with Crippen LogP contribution in [0.3, 0.4) is 0 Å². The number of ether oxygens (including phenoxy) is 2. The van der Waals surface area contributed by atoms with Crippen LogP contribution in [0.25, 0.3) is 0 Å². The first-order valence-corrected chi connectivity index (χ1v) is 5.24. The third-order valence-corrected chi connectivity index (χ3v) is 1.79. The van der Waals surface area contributed by atoms with Gasteiger partial charge in [-0.05, 0) is 20.8 Å². The van der Waals surface area contributed by atoms with E-state index in [0.717, 1.165) is 0 Å². The molecule has 0 bridgehead atoms. The van der Waals surface area contributed by atoms with Gasteiger partial charge >= 0.3 is 6.09 Å². The fourth-order valence-corrected chi connectivity index (χ4v) is 0.949. The topological polar surface area (TPSA) is 64.6 Å². The molecule has 0 aromatic heterocycles. The van der Waals surface area contributed by atoms with Crippen molar-refractivity contribution < 1.29 is 19.1 Å². The van der Waals surface area contributed by atoms with Crippen LogP contribution in [0.15, 0.2) is 0 Å². The molecule has 0 heterocycles. The highest BCUT2D eigenvalue weighted by molar-refractivity contribution is 5.82. The molecule has 5 nitrogen and oxygen atoms in total. The maximum atomic E-state index is 11.3. The van der Waals surface area contributed by atoms with Gasteiger partial charge in [0.15, 0.2) is 5.78 Å². The van der Waals surface area contributed by atoms with Crippen LogP contribution >= 0.6 is 0 Å². The number of nitrogens with one attached hydrogen (secondary N) is 1. The van der Waals surface area contributed by atoms with Crippen LogP contribution in [0.5, 0.6) is 0 Å². The number of carbonyl (C=O) groups excluding carboxylic acids is 2. The molecule has 0 spiro atoms. The molecule has 1 atom stereocenters. The Labute approximate surface area is 96.5 Å². The molecule has 0 radical (unpaired) electrons. The van der Waals surface area contributed by atoms with E-state index in [4.69, 9.17) is 9.47 Å². The summed E-state index contributed by atoms with van der Waals surface area (Å²) in [7, 11) is 1.46. The second-order valence-electron chi connectivity index (χ2n) is 4.68. The van der Waals surface area contributed by atoms with Crippen molar-refractivity contribution in [3.05, 3.63) is 0 Å². The molecule has 0 aliphatic rings. The van der Waals surface area contributed by atoms with Crippen molar-refractivity contribution in [2.45, 2.75) is 33.3 Å². The lowest BCUT2D eigenvalue weighted by Gasteiger charge is -2.20. The van der Waals surface area contributed by atoms with Gasteiger partial charge in [0.1, 0.15) is 12.2 Å². The Morgan fingerprint density at radius 1 is 1.31 bits per heavy atom. The molecule has 0 aliphatic heterocycles. The predicted molar refractivity (Wildman–Crippen MR) is 60.3 cm³/mol. The number of hydrogen-bond acceptors (Lipinski definition) is 4. The van der Waals surface area contributed by atoms with Crippen LogP contribution in [0.4, 0.5) is 4.79 Å². The van der Waals surface area contributed by atoms with Gasteiger partial charge in [-0.2, -0.15) is 0 Å². The summed E-state index contributed by atoms with van der Waals surface area (Å²) >= 11 is 0. The van der Waals surface area contributed by atoms with E-state index < -0.39 is 11.7 Å². The molecule has 0 aliphatic carbocycles. The van der Waals surface area contributed by atoms with E-state index >= 15 is 0 Å². The zero-order chi connectivity index (χ0) is 12.8. The van der Waals surface area contributed by atoms with Gasteiger partial charge in [-0.25, -0.2) is 4.79 Å². The minimum absolute atomic E-state index is 0.0430. The minimum Gasteiger partial charge on any atom is -0.444 e. The average molecular weight is 231 g/mol. The maximum absolute atomic E-state index is 11.3. The molecule has 94 valence electrons. The van der Waals surface area contributed by atoms with Crippen LogP contribution in [-0.2, 0) is 14.3 Å². The zero-order valence-corrected chi connectivity index (χ0v) is 10.6. The molecule has 1 N–H and O–H groups in total. The summed E-state index contributed by atoms with van der Waals surface area (Å²) in [6, 6.07) is 0. The Balaban J connectivity index is 3.88. The number of amides is 1. The number of alkyl carbamates (subject to hydrolysis) is 1. The van der Waals surface area contributed by atoms with Gasteiger partial charge in [0, 0.05) is 19.6 Å². The van der Waals surface area contributed by atoms with Crippen molar-refractivity contribution in [2.75, 3.05) is 20.3 Å². The Kier molecular flexibility index (Phi) is 6.03. The van der Waals surface area contributed by atoms with Gasteiger partial charge in [0.25, 0.3) is 0 Å². The maximum Gasteiger partial charge on any atom is 0.407 e. The summed E-state index contributed by atoms with van der Waals surface area (Å²) < 4.78 is 9.75. The quantitative estimate of drug-likeness (QED) is 0.776. The van der Waals surface area contributed by atoms with Gasteiger partial charge in [-0.3, -0.25) is 4.79 Å². The molecule has 0 saturated carbocycles. The summed E-state index contributed by atoms with van der Waals surface area (Å²) in [5.41, 5.74) is -0.524. The van der Waals surface area contributed by atoms with Crippen molar-refractivity contribution in [2.24, 2.45) is 5.92 Å². The van der Waals surface area contributed by atoms with Crippen molar-refractivity contribution in [1.82, 2.24) is 5.32 Å². The van der Waals surface area contributed by atoms with E-state index in [1.54, 1.807) is 27.7 Å². The summed E-state index contributed by atoms with van der Waals surface area (Å²) in [4.78, 5) is 22.6. The fourth-order valence-electron chi connectivity index (χ4n) is 0.949. The van der Waals surface area contributed by atoms with Gasteiger partial charge in [0.05, 0.1) is 0 Å². The van der Waals surface area contributed by atoms with Crippen LogP contribution < -0.4 is 5.32 Å². The molecule has 0 aromatic carbocycles. The van der Waals surface area contributed by atoms with E-state index in [-0.39, 0.29) is 24.9 Å². The first kappa shape index (κ1) is 14.9. The number of hydrogen-bond donors (Lipinski definition) is 1. The van der Waals surface area contributed by atoms with Crippen LogP contribution in [-0.4, -0.2) is 37.7 Å². The number of rotatable bonds is 5. The first-order chi connectivity index (χ1) is 7.26. The lowest BCUT2D eigenvalue weighted by molar-refractivity contribution is -0.125. The van der Waals surface area contributed by atoms with Crippen molar-refractivity contribution in [3.8, 4) is 0 Å². The van der Waals surface area contributed by atoms with Gasteiger partial charge in [-0.15, -0.1) is 0 Å². The first-order valence-electron chi connectivity index (χ1n) is 5.24. The number of ketones is 1. The summed E-state index contributed by atoms with van der Waals surface area (Å²) in [5, 5.41) is 2.54. The second kappa shape index (κ2) is 6.48. The third kappa shape index (κ3) is 7.23. The molecule has 0 unspecified atom stereocenters. The number of carbonyl (C=O) groups is 2. The fraction of sp³-hybridized carbons (Fsp3) is 0.818. The molecule has 0 rings (SSSR count). The van der Waals surface area contributed by atoms with Crippen LogP contribution in [0, 0.1) is 5.92 Å². The Bertz CT molecular complexity index is 245. The van der Waals surface area contributed by atoms with Crippen molar-refractivity contribution >= 4 is 11.9 Å². The molecule has 16 heavy (non-hydrogen) atoms. The number of methoxy groups -OCH3 is 1. The van der Waals surface area contributed by atoms with Crippen molar-refractivity contribution in [3.63, 3.8) is 0 Å². The molecular weight excluding hydrogens is 210 g/mol. The second-order valence-corrected chi connectivity index (χ2v) is 4.68. The summed E-state index contributed by atoms with van der Waals surface area (Å²) in [6.45, 7) is 7.41. The monoisotopic (exact) mass is 231 g/mol. The van der Waals surface area contributed by atoms with Crippen LogP contribution in [0.1, 0.15) is 27.7 Å². The van der Waals surface area contributed by atoms with E-state index in [9.17, 15) is 9.59 Å². The summed E-state index contributed by atoms with van der Waals surface area (Å²) in [5.74, 6) is -0.314. The molecule has 5 heteroatoms. The zero-order valence-electron chi connectivity index (χ0n) is 10.6. The Hall–Kier alpha value is -1.10. The van der Waals surface area contributed by atoms with Crippen LogP contribution in [0.2, 0.25) is 0 Å². The van der Waals surface area contributed by atoms with Gasteiger partial charge in [0.2, 0.25) is 0 Å².